The van der Waals surface area contributed by atoms with Crippen LogP contribution in [0.2, 0.25) is 0 Å². The van der Waals surface area contributed by atoms with Gasteiger partial charge in [-0.2, -0.15) is 5.26 Å². The largest absolute Gasteiger partial charge is 0.310 e. The molecule has 0 fully saturated rings. The molecule has 3 rings (SSSR count). The second-order valence-corrected chi connectivity index (χ2v) is 5.21. The van der Waals surface area contributed by atoms with Gasteiger partial charge in [0, 0.05) is 18.5 Å². The van der Waals surface area contributed by atoms with E-state index in [0.717, 1.165) is 50.2 Å². The predicted molar refractivity (Wildman–Crippen MR) is 77.4 cm³/mol. The van der Waals surface area contributed by atoms with Crippen molar-refractivity contribution in [3.05, 3.63) is 47.0 Å². The van der Waals surface area contributed by atoms with Crippen LogP contribution in [0, 0.1) is 23.0 Å². The number of hydrogen-bond donors (Lipinski definition) is 0. The van der Waals surface area contributed by atoms with Gasteiger partial charge in [-0.15, -0.1) is 10.2 Å². The molecule has 0 N–H and O–H groups in total. The van der Waals surface area contributed by atoms with Gasteiger partial charge < -0.3 is 4.57 Å². The highest BCUT2D eigenvalue weighted by Gasteiger charge is 2.18. The topological polar surface area (TPSA) is 54.5 Å². The van der Waals surface area contributed by atoms with Crippen LogP contribution in [-0.4, -0.2) is 14.8 Å². The Hall–Kier alpha value is -2.55. The Labute approximate surface area is 126 Å². The van der Waals surface area contributed by atoms with Crippen molar-refractivity contribution in [1.82, 2.24) is 14.8 Å². The first-order valence-electron chi connectivity index (χ1n) is 7.19. The molecular formula is C16H14F2N4. The zero-order valence-corrected chi connectivity index (χ0v) is 11.9. The van der Waals surface area contributed by atoms with E-state index in [0.29, 0.717) is 5.82 Å². The fourth-order valence-electron chi connectivity index (χ4n) is 2.62. The van der Waals surface area contributed by atoms with Crippen LogP contribution < -0.4 is 0 Å². The second-order valence-electron chi connectivity index (χ2n) is 5.21. The Bertz CT molecular complexity index is 751. The summed E-state index contributed by atoms with van der Waals surface area (Å²) in [4.78, 5) is 0. The summed E-state index contributed by atoms with van der Waals surface area (Å²) in [6.45, 7) is 0.719. The van der Waals surface area contributed by atoms with E-state index in [-0.39, 0.29) is 11.1 Å². The van der Waals surface area contributed by atoms with Gasteiger partial charge in [-0.05, 0) is 31.1 Å². The summed E-state index contributed by atoms with van der Waals surface area (Å²) in [5, 5.41) is 17.5. The normalized spacial score (nSPS) is 15.0. The number of fused-ring (bicyclic) bond motifs is 1. The summed E-state index contributed by atoms with van der Waals surface area (Å²) in [6, 6.07) is 5.59. The molecule has 1 aliphatic rings. The highest BCUT2D eigenvalue weighted by atomic mass is 19.1. The molecule has 0 radical (unpaired) electrons. The van der Waals surface area contributed by atoms with Crippen LogP contribution in [0.15, 0.2) is 18.2 Å². The first-order chi connectivity index (χ1) is 10.7. The van der Waals surface area contributed by atoms with Crippen LogP contribution in [0.25, 0.3) is 11.6 Å². The lowest BCUT2D eigenvalue weighted by Crippen LogP contribution is -2.05. The Morgan fingerprint density at radius 2 is 1.95 bits per heavy atom. The van der Waals surface area contributed by atoms with Crippen LogP contribution in [0.4, 0.5) is 8.78 Å². The van der Waals surface area contributed by atoms with E-state index in [1.165, 1.54) is 12.1 Å². The Balaban J connectivity index is 2.08. The number of nitriles is 1. The van der Waals surface area contributed by atoms with Crippen LogP contribution in [0.1, 0.15) is 36.5 Å². The van der Waals surface area contributed by atoms with Crippen LogP contribution >= 0.6 is 0 Å². The van der Waals surface area contributed by atoms with E-state index in [1.807, 2.05) is 10.6 Å². The quantitative estimate of drug-likeness (QED) is 0.799. The van der Waals surface area contributed by atoms with Gasteiger partial charge in [0.15, 0.2) is 5.82 Å². The van der Waals surface area contributed by atoms with Gasteiger partial charge in [0.2, 0.25) is 0 Å². The van der Waals surface area contributed by atoms with E-state index in [4.69, 9.17) is 0 Å². The SMILES string of the molecule is N#C/C(=C\c1c(F)cccc1F)c1nnc2n1CCCCC2. The van der Waals surface area contributed by atoms with Crippen LogP contribution in [-0.2, 0) is 13.0 Å². The first kappa shape index (κ1) is 14.4. The summed E-state index contributed by atoms with van der Waals surface area (Å²) < 4.78 is 29.4. The molecule has 0 atom stereocenters. The van der Waals surface area contributed by atoms with Gasteiger partial charge in [-0.25, -0.2) is 8.78 Å². The van der Waals surface area contributed by atoms with Crippen molar-refractivity contribution in [3.8, 4) is 6.07 Å². The van der Waals surface area contributed by atoms with Gasteiger partial charge in [0.25, 0.3) is 0 Å². The molecule has 0 bridgehead atoms. The molecule has 4 nitrogen and oxygen atoms in total. The average molecular weight is 300 g/mol. The summed E-state index contributed by atoms with van der Waals surface area (Å²) in [7, 11) is 0. The Morgan fingerprint density at radius 3 is 2.68 bits per heavy atom. The molecule has 1 aliphatic heterocycles. The minimum atomic E-state index is -0.705. The van der Waals surface area contributed by atoms with Crippen molar-refractivity contribution in [3.63, 3.8) is 0 Å². The Kier molecular flexibility index (Phi) is 3.96. The molecule has 0 aliphatic carbocycles. The van der Waals surface area contributed by atoms with E-state index in [1.54, 1.807) is 0 Å². The minimum absolute atomic E-state index is 0.115. The van der Waals surface area contributed by atoms with Gasteiger partial charge in [-0.1, -0.05) is 12.5 Å². The maximum Gasteiger partial charge on any atom is 0.174 e. The van der Waals surface area contributed by atoms with E-state index >= 15 is 0 Å². The molecule has 2 heterocycles. The molecule has 6 heteroatoms. The zero-order chi connectivity index (χ0) is 15.5. The van der Waals surface area contributed by atoms with Crippen molar-refractivity contribution >= 4 is 11.6 Å². The van der Waals surface area contributed by atoms with Crippen molar-refractivity contribution < 1.29 is 8.78 Å². The fourth-order valence-corrected chi connectivity index (χ4v) is 2.62. The minimum Gasteiger partial charge on any atom is -0.310 e. The number of halogens is 2. The summed E-state index contributed by atoms with van der Waals surface area (Å²) >= 11 is 0. The lowest BCUT2D eigenvalue weighted by atomic mass is 10.1. The van der Waals surface area contributed by atoms with E-state index in [2.05, 4.69) is 10.2 Å². The zero-order valence-electron chi connectivity index (χ0n) is 11.9. The van der Waals surface area contributed by atoms with Crippen molar-refractivity contribution in [2.45, 2.75) is 32.2 Å². The molecule has 2 aromatic rings. The molecule has 22 heavy (non-hydrogen) atoms. The predicted octanol–water partition coefficient (Wildman–Crippen LogP) is 3.35. The number of allylic oxidation sites excluding steroid dienone is 1. The molecule has 0 saturated heterocycles. The molecule has 1 aromatic carbocycles. The number of nitrogens with zero attached hydrogens (tertiary/aromatic N) is 4. The highest BCUT2D eigenvalue weighted by Crippen LogP contribution is 2.23. The summed E-state index contributed by atoms with van der Waals surface area (Å²) in [6.07, 6.45) is 5.11. The number of hydrogen-bond acceptors (Lipinski definition) is 3. The molecule has 112 valence electrons. The Morgan fingerprint density at radius 1 is 1.18 bits per heavy atom. The van der Waals surface area contributed by atoms with Crippen LogP contribution in [0.3, 0.4) is 0 Å². The smallest absolute Gasteiger partial charge is 0.174 e. The number of benzene rings is 1. The maximum absolute atomic E-state index is 13.8. The lowest BCUT2D eigenvalue weighted by molar-refractivity contribution is 0.578. The highest BCUT2D eigenvalue weighted by molar-refractivity contribution is 5.87. The van der Waals surface area contributed by atoms with Crippen LogP contribution in [0.5, 0.6) is 0 Å². The van der Waals surface area contributed by atoms with Crippen molar-refractivity contribution in [1.29, 1.82) is 5.26 Å². The number of aromatic nitrogens is 3. The van der Waals surface area contributed by atoms with E-state index < -0.39 is 11.6 Å². The molecule has 0 saturated carbocycles. The number of rotatable bonds is 2. The fraction of sp³-hybridized carbons (Fsp3) is 0.312. The monoisotopic (exact) mass is 300 g/mol. The van der Waals surface area contributed by atoms with Gasteiger partial charge >= 0.3 is 0 Å². The number of aryl methyl sites for hydroxylation is 1. The third-order valence-corrected chi connectivity index (χ3v) is 3.76. The third-order valence-electron chi connectivity index (χ3n) is 3.76. The first-order valence-corrected chi connectivity index (χ1v) is 7.19. The van der Waals surface area contributed by atoms with Gasteiger partial charge in [0.05, 0.1) is 5.57 Å². The molecular weight excluding hydrogens is 286 g/mol. The molecule has 0 unspecified atom stereocenters. The maximum atomic E-state index is 13.8. The van der Waals surface area contributed by atoms with Crippen molar-refractivity contribution in [2.24, 2.45) is 0 Å². The van der Waals surface area contributed by atoms with Gasteiger partial charge in [0.1, 0.15) is 23.5 Å². The summed E-state index contributed by atoms with van der Waals surface area (Å²) in [5.41, 5.74) is -0.116. The molecule has 1 aromatic heterocycles. The third kappa shape index (κ3) is 2.62. The molecule has 0 amide bonds. The lowest BCUT2D eigenvalue weighted by Gasteiger charge is -2.06. The van der Waals surface area contributed by atoms with Crippen molar-refractivity contribution in [2.75, 3.05) is 0 Å². The molecule has 0 spiro atoms. The van der Waals surface area contributed by atoms with E-state index in [9.17, 15) is 14.0 Å². The second kappa shape index (κ2) is 6.06. The summed E-state index contributed by atoms with van der Waals surface area (Å²) in [5.74, 6) is -0.212. The van der Waals surface area contributed by atoms with Gasteiger partial charge in [-0.3, -0.25) is 0 Å². The standard InChI is InChI=1S/C16H14F2N4/c17-13-5-4-6-14(18)12(13)9-11(10-19)16-21-20-15-7-2-1-3-8-22(15)16/h4-6,9H,1-3,7-8H2/b11-9+. The average Bonchev–Trinajstić information content (AvgIpc) is 2.76.